The Morgan fingerprint density at radius 1 is 1.56 bits per heavy atom. The molecule has 0 saturated carbocycles. The minimum atomic E-state index is -0.994. The predicted octanol–water partition coefficient (Wildman–Crippen LogP) is 2.30. The van der Waals surface area contributed by atoms with E-state index in [-0.39, 0.29) is 6.61 Å². The number of aliphatic carboxylic acids is 1. The van der Waals surface area contributed by atoms with Gasteiger partial charge in [0.2, 0.25) is 0 Å². The van der Waals surface area contributed by atoms with Crippen LogP contribution in [0.5, 0.6) is 5.75 Å². The maximum Gasteiger partial charge on any atom is 0.341 e. The number of carbonyl (C=O) groups is 1. The van der Waals surface area contributed by atoms with Crippen LogP contribution in [0.15, 0.2) is 24.4 Å². The summed E-state index contributed by atoms with van der Waals surface area (Å²) in [5, 5.41) is 10.0. The maximum atomic E-state index is 10.4. The lowest BCUT2D eigenvalue weighted by atomic mass is 10.2. The van der Waals surface area contributed by atoms with Gasteiger partial charge < -0.3 is 14.4 Å². The van der Waals surface area contributed by atoms with Crippen molar-refractivity contribution in [2.75, 3.05) is 6.61 Å². The lowest BCUT2D eigenvalue weighted by molar-refractivity contribution is -0.139. The number of benzene rings is 1. The minimum absolute atomic E-state index is 0.345. The van der Waals surface area contributed by atoms with Crippen LogP contribution in [0.1, 0.15) is 0 Å². The quantitative estimate of drug-likeness (QED) is 0.894. The van der Waals surface area contributed by atoms with E-state index in [9.17, 15) is 4.79 Å². The summed E-state index contributed by atoms with van der Waals surface area (Å²) in [4.78, 5) is 10.4. The monoisotopic (exact) mass is 239 g/mol. The maximum absolute atomic E-state index is 10.4. The van der Waals surface area contributed by atoms with Gasteiger partial charge in [0, 0.05) is 23.7 Å². The summed E-state index contributed by atoms with van der Waals surface area (Å²) in [5.74, 6) is -0.442. The highest BCUT2D eigenvalue weighted by molar-refractivity contribution is 6.31. The van der Waals surface area contributed by atoms with Gasteiger partial charge in [-0.2, -0.15) is 0 Å². The number of aromatic nitrogens is 1. The molecule has 0 radical (unpaired) electrons. The SMILES string of the molecule is Cn1cc(OCC(=O)O)c2ccc(Cl)cc21. The van der Waals surface area contributed by atoms with Crippen LogP contribution in [-0.4, -0.2) is 22.2 Å². The van der Waals surface area contributed by atoms with Gasteiger partial charge in [0.05, 0.1) is 5.52 Å². The summed E-state index contributed by atoms with van der Waals surface area (Å²) >= 11 is 5.88. The van der Waals surface area contributed by atoms with E-state index in [4.69, 9.17) is 21.4 Å². The number of halogens is 1. The van der Waals surface area contributed by atoms with E-state index >= 15 is 0 Å². The third-order valence-corrected chi connectivity index (χ3v) is 2.50. The molecule has 2 rings (SSSR count). The van der Waals surface area contributed by atoms with E-state index < -0.39 is 5.97 Å². The largest absolute Gasteiger partial charge is 0.480 e. The molecule has 1 aromatic carbocycles. The molecule has 0 aliphatic heterocycles. The fourth-order valence-corrected chi connectivity index (χ4v) is 1.74. The van der Waals surface area contributed by atoms with Crippen LogP contribution >= 0.6 is 11.6 Å². The number of fused-ring (bicyclic) bond motifs is 1. The third-order valence-electron chi connectivity index (χ3n) is 2.27. The number of carboxylic acids is 1. The topological polar surface area (TPSA) is 51.5 Å². The summed E-state index contributed by atoms with van der Waals surface area (Å²) in [6, 6.07) is 5.37. The second kappa shape index (κ2) is 4.06. The number of aryl methyl sites for hydroxylation is 1. The van der Waals surface area contributed by atoms with Crippen molar-refractivity contribution in [3.63, 3.8) is 0 Å². The second-order valence-corrected chi connectivity index (χ2v) is 3.88. The average Bonchev–Trinajstić information content (AvgIpc) is 2.53. The van der Waals surface area contributed by atoms with Gasteiger partial charge in [0.15, 0.2) is 6.61 Å². The van der Waals surface area contributed by atoms with Gasteiger partial charge in [-0.05, 0) is 18.2 Å². The van der Waals surface area contributed by atoms with E-state index in [2.05, 4.69) is 0 Å². The van der Waals surface area contributed by atoms with Crippen LogP contribution < -0.4 is 4.74 Å². The highest BCUT2D eigenvalue weighted by Crippen LogP contribution is 2.29. The first kappa shape index (κ1) is 10.8. The number of hydrogen-bond donors (Lipinski definition) is 1. The highest BCUT2D eigenvalue weighted by atomic mass is 35.5. The van der Waals surface area contributed by atoms with Crippen molar-refractivity contribution in [1.29, 1.82) is 0 Å². The molecule has 1 N–H and O–H groups in total. The first-order chi connectivity index (χ1) is 7.58. The molecule has 16 heavy (non-hydrogen) atoms. The third kappa shape index (κ3) is 1.97. The number of carboxylic acid groups (broad SMARTS) is 1. The van der Waals surface area contributed by atoms with Crippen LogP contribution in [0.25, 0.3) is 10.9 Å². The van der Waals surface area contributed by atoms with Crippen molar-refractivity contribution < 1.29 is 14.6 Å². The number of ether oxygens (including phenoxy) is 1. The zero-order valence-corrected chi connectivity index (χ0v) is 9.36. The number of nitrogens with zero attached hydrogens (tertiary/aromatic N) is 1. The Balaban J connectivity index is 2.43. The molecule has 0 aliphatic carbocycles. The van der Waals surface area contributed by atoms with Gasteiger partial charge in [0.1, 0.15) is 5.75 Å². The predicted molar refractivity (Wildman–Crippen MR) is 61.1 cm³/mol. The van der Waals surface area contributed by atoms with Crippen LogP contribution in [0.3, 0.4) is 0 Å². The average molecular weight is 240 g/mol. The van der Waals surface area contributed by atoms with Crippen molar-refractivity contribution in [3.8, 4) is 5.75 Å². The van der Waals surface area contributed by atoms with Gasteiger partial charge in [-0.3, -0.25) is 0 Å². The molecular weight excluding hydrogens is 230 g/mol. The van der Waals surface area contributed by atoms with Crippen LogP contribution in [0.4, 0.5) is 0 Å². The van der Waals surface area contributed by atoms with Crippen LogP contribution in [0.2, 0.25) is 5.02 Å². The van der Waals surface area contributed by atoms with Gasteiger partial charge >= 0.3 is 5.97 Å². The molecular formula is C11H10ClNO3. The second-order valence-electron chi connectivity index (χ2n) is 3.45. The van der Waals surface area contributed by atoms with E-state index in [0.717, 1.165) is 10.9 Å². The molecule has 84 valence electrons. The minimum Gasteiger partial charge on any atom is -0.480 e. The normalized spacial score (nSPS) is 10.6. The Labute approximate surface area is 97.0 Å². The first-order valence-electron chi connectivity index (χ1n) is 4.67. The fraction of sp³-hybridized carbons (Fsp3) is 0.182. The molecule has 0 bridgehead atoms. The van der Waals surface area contributed by atoms with E-state index in [1.807, 2.05) is 23.7 Å². The summed E-state index contributed by atoms with van der Waals surface area (Å²) in [6.45, 7) is -0.345. The van der Waals surface area contributed by atoms with Crippen LogP contribution in [-0.2, 0) is 11.8 Å². The van der Waals surface area contributed by atoms with E-state index in [1.54, 1.807) is 12.3 Å². The van der Waals surface area contributed by atoms with Gasteiger partial charge in [-0.25, -0.2) is 4.79 Å². The zero-order valence-electron chi connectivity index (χ0n) is 8.61. The number of rotatable bonds is 3. The summed E-state index contributed by atoms with van der Waals surface area (Å²) in [5.41, 5.74) is 0.910. The Kier molecular flexibility index (Phi) is 2.75. The van der Waals surface area contributed by atoms with E-state index in [1.165, 1.54) is 0 Å². The van der Waals surface area contributed by atoms with Gasteiger partial charge in [-0.15, -0.1) is 0 Å². The van der Waals surface area contributed by atoms with Gasteiger partial charge in [-0.1, -0.05) is 11.6 Å². The van der Waals surface area contributed by atoms with Gasteiger partial charge in [0.25, 0.3) is 0 Å². The molecule has 0 atom stereocenters. The molecule has 0 unspecified atom stereocenters. The van der Waals surface area contributed by atoms with E-state index in [0.29, 0.717) is 10.8 Å². The zero-order chi connectivity index (χ0) is 11.7. The lowest BCUT2D eigenvalue weighted by Crippen LogP contribution is -2.09. The fourth-order valence-electron chi connectivity index (χ4n) is 1.57. The Morgan fingerprint density at radius 2 is 2.31 bits per heavy atom. The smallest absolute Gasteiger partial charge is 0.341 e. The molecule has 0 saturated heterocycles. The molecule has 0 fully saturated rings. The van der Waals surface area contributed by atoms with Crippen molar-refractivity contribution in [3.05, 3.63) is 29.4 Å². The summed E-state index contributed by atoms with van der Waals surface area (Å²) in [6.07, 6.45) is 1.74. The van der Waals surface area contributed by atoms with Crippen molar-refractivity contribution in [2.45, 2.75) is 0 Å². The molecule has 0 aliphatic rings. The summed E-state index contributed by atoms with van der Waals surface area (Å²) < 4.78 is 7.02. The molecule has 0 spiro atoms. The van der Waals surface area contributed by atoms with Crippen LogP contribution in [0, 0.1) is 0 Å². The lowest BCUT2D eigenvalue weighted by Gasteiger charge is -2.00. The molecule has 2 aromatic rings. The molecule has 1 heterocycles. The molecule has 1 aromatic heterocycles. The number of hydrogen-bond acceptors (Lipinski definition) is 2. The Morgan fingerprint density at radius 3 is 3.00 bits per heavy atom. The molecule has 0 amide bonds. The van der Waals surface area contributed by atoms with Crippen molar-refractivity contribution >= 4 is 28.5 Å². The Hall–Kier alpha value is -1.68. The molecule has 4 nitrogen and oxygen atoms in total. The standard InChI is InChI=1S/C11H10ClNO3/c1-13-5-10(16-6-11(14)15)8-3-2-7(12)4-9(8)13/h2-5H,6H2,1H3,(H,14,15). The first-order valence-corrected chi connectivity index (χ1v) is 5.05. The Bertz CT molecular complexity index is 547. The summed E-state index contributed by atoms with van der Waals surface area (Å²) in [7, 11) is 1.85. The molecule has 5 heteroatoms. The van der Waals surface area contributed by atoms with Crippen molar-refractivity contribution in [2.24, 2.45) is 7.05 Å². The highest BCUT2D eigenvalue weighted by Gasteiger charge is 2.09. The van der Waals surface area contributed by atoms with Crippen molar-refractivity contribution in [1.82, 2.24) is 4.57 Å².